The van der Waals surface area contributed by atoms with Crippen LogP contribution in [0.1, 0.15) is 58.8 Å². The van der Waals surface area contributed by atoms with Gasteiger partial charge in [0.2, 0.25) is 0 Å². The third kappa shape index (κ3) is 2.98. The molecule has 1 unspecified atom stereocenters. The molecule has 0 amide bonds. The fourth-order valence-electron chi connectivity index (χ4n) is 2.63. The quantitative estimate of drug-likeness (QED) is 0.710. The lowest BCUT2D eigenvalue weighted by Gasteiger charge is -2.31. The molecule has 1 fully saturated rings. The first-order valence-electron chi connectivity index (χ1n) is 5.97. The number of aliphatic hydroxyl groups is 1. The number of rotatable bonds is 4. The van der Waals surface area contributed by atoms with Gasteiger partial charge in [-0.05, 0) is 24.7 Å². The Bertz CT molecular complexity index is 123. The van der Waals surface area contributed by atoms with Crippen molar-refractivity contribution in [3.8, 4) is 0 Å². The van der Waals surface area contributed by atoms with Crippen LogP contribution in [0.4, 0.5) is 0 Å². The first kappa shape index (κ1) is 11.0. The zero-order valence-electron chi connectivity index (χ0n) is 9.13. The summed E-state index contributed by atoms with van der Waals surface area (Å²) in [5, 5.41) is 10.1. The Kier molecular flexibility index (Phi) is 4.79. The van der Waals surface area contributed by atoms with Crippen LogP contribution in [0, 0.1) is 11.8 Å². The second-order valence-electron chi connectivity index (χ2n) is 4.47. The highest BCUT2D eigenvalue weighted by Crippen LogP contribution is 2.31. The van der Waals surface area contributed by atoms with Crippen molar-refractivity contribution in [3.63, 3.8) is 0 Å². The topological polar surface area (TPSA) is 20.2 Å². The van der Waals surface area contributed by atoms with Crippen LogP contribution in [-0.2, 0) is 0 Å². The third-order valence-electron chi connectivity index (χ3n) is 3.66. The minimum absolute atomic E-state index is 0.0182. The van der Waals surface area contributed by atoms with E-state index in [1.807, 2.05) is 0 Å². The third-order valence-corrected chi connectivity index (χ3v) is 3.66. The lowest BCUT2D eigenvalue weighted by Crippen LogP contribution is -2.30. The molecule has 1 heteroatoms. The van der Waals surface area contributed by atoms with E-state index in [1.54, 1.807) is 0 Å². The first-order valence-corrected chi connectivity index (χ1v) is 5.97. The maximum absolute atomic E-state index is 10.1. The monoisotopic (exact) mass is 184 g/mol. The molecule has 1 N–H and O–H groups in total. The summed E-state index contributed by atoms with van der Waals surface area (Å²) in [6.45, 7) is 4.39. The second kappa shape index (κ2) is 5.64. The molecule has 1 aliphatic carbocycles. The van der Waals surface area contributed by atoms with Crippen LogP contribution in [0.15, 0.2) is 0 Å². The van der Waals surface area contributed by atoms with E-state index in [0.29, 0.717) is 11.8 Å². The van der Waals surface area contributed by atoms with Crippen LogP contribution in [-0.4, -0.2) is 11.2 Å². The highest BCUT2D eigenvalue weighted by molar-refractivity contribution is 4.77. The number of aliphatic hydroxyl groups excluding tert-OH is 1. The summed E-state index contributed by atoms with van der Waals surface area (Å²) in [7, 11) is 0. The average Bonchev–Trinajstić information content (AvgIpc) is 2.21. The van der Waals surface area contributed by atoms with E-state index in [9.17, 15) is 5.11 Å². The summed E-state index contributed by atoms with van der Waals surface area (Å²) in [5.41, 5.74) is 0. The van der Waals surface area contributed by atoms with Crippen molar-refractivity contribution >= 4 is 0 Å². The lowest BCUT2D eigenvalue weighted by atomic mass is 9.79. The van der Waals surface area contributed by atoms with Crippen molar-refractivity contribution in [1.82, 2.24) is 0 Å². The Morgan fingerprint density at radius 1 is 1.08 bits per heavy atom. The summed E-state index contributed by atoms with van der Waals surface area (Å²) >= 11 is 0. The van der Waals surface area contributed by atoms with Crippen LogP contribution in [0.2, 0.25) is 0 Å². The van der Waals surface area contributed by atoms with Crippen LogP contribution in [0.3, 0.4) is 0 Å². The SMILES string of the molecule is CCC(CC)C(O)C1CCCCC1. The van der Waals surface area contributed by atoms with Gasteiger partial charge in [-0.3, -0.25) is 0 Å². The van der Waals surface area contributed by atoms with Crippen LogP contribution >= 0.6 is 0 Å². The number of hydrogen-bond acceptors (Lipinski definition) is 1. The van der Waals surface area contributed by atoms with Crippen LogP contribution in [0.25, 0.3) is 0 Å². The van der Waals surface area contributed by atoms with Gasteiger partial charge in [-0.2, -0.15) is 0 Å². The lowest BCUT2D eigenvalue weighted by molar-refractivity contribution is 0.0301. The summed E-state index contributed by atoms with van der Waals surface area (Å²) < 4.78 is 0. The van der Waals surface area contributed by atoms with Crippen molar-refractivity contribution in [3.05, 3.63) is 0 Å². The van der Waals surface area contributed by atoms with Crippen molar-refractivity contribution in [2.24, 2.45) is 11.8 Å². The Balaban J connectivity index is 2.38. The highest BCUT2D eigenvalue weighted by atomic mass is 16.3. The zero-order chi connectivity index (χ0) is 9.68. The van der Waals surface area contributed by atoms with Gasteiger partial charge in [-0.25, -0.2) is 0 Å². The Hall–Kier alpha value is -0.0400. The van der Waals surface area contributed by atoms with Crippen LogP contribution in [0.5, 0.6) is 0 Å². The predicted octanol–water partition coefficient (Wildman–Crippen LogP) is 3.36. The van der Waals surface area contributed by atoms with E-state index < -0.39 is 0 Å². The highest BCUT2D eigenvalue weighted by Gasteiger charge is 2.26. The maximum atomic E-state index is 10.1. The Morgan fingerprint density at radius 3 is 2.08 bits per heavy atom. The van der Waals surface area contributed by atoms with E-state index in [1.165, 1.54) is 32.1 Å². The average molecular weight is 184 g/mol. The van der Waals surface area contributed by atoms with Gasteiger partial charge >= 0.3 is 0 Å². The molecular weight excluding hydrogens is 160 g/mol. The summed E-state index contributed by atoms with van der Waals surface area (Å²) in [6.07, 6.45) is 8.82. The van der Waals surface area contributed by atoms with E-state index >= 15 is 0 Å². The fourth-order valence-corrected chi connectivity index (χ4v) is 2.63. The molecule has 78 valence electrons. The largest absolute Gasteiger partial charge is 0.393 e. The normalized spacial score (nSPS) is 22.2. The molecule has 0 radical (unpaired) electrons. The minimum atomic E-state index is -0.0182. The maximum Gasteiger partial charge on any atom is 0.0596 e. The standard InChI is InChI=1S/C12H24O/c1-3-10(4-2)12(13)11-8-6-5-7-9-11/h10-13H,3-9H2,1-2H3. The van der Waals surface area contributed by atoms with Gasteiger partial charge in [0.25, 0.3) is 0 Å². The van der Waals surface area contributed by atoms with Crippen molar-refractivity contribution in [2.45, 2.75) is 64.9 Å². The molecule has 0 aromatic carbocycles. The molecule has 1 atom stereocenters. The van der Waals surface area contributed by atoms with E-state index in [4.69, 9.17) is 0 Å². The number of hydrogen-bond donors (Lipinski definition) is 1. The summed E-state index contributed by atoms with van der Waals surface area (Å²) in [6, 6.07) is 0. The van der Waals surface area contributed by atoms with Crippen molar-refractivity contribution in [2.75, 3.05) is 0 Å². The molecule has 0 spiro atoms. The van der Waals surface area contributed by atoms with Gasteiger partial charge in [-0.1, -0.05) is 46.0 Å². The van der Waals surface area contributed by atoms with Gasteiger partial charge in [0, 0.05) is 0 Å². The molecule has 0 aromatic rings. The Morgan fingerprint density at radius 2 is 1.62 bits per heavy atom. The van der Waals surface area contributed by atoms with Gasteiger partial charge < -0.3 is 5.11 Å². The van der Waals surface area contributed by atoms with Gasteiger partial charge in [0.05, 0.1) is 6.10 Å². The zero-order valence-corrected chi connectivity index (χ0v) is 9.13. The fraction of sp³-hybridized carbons (Fsp3) is 1.00. The molecule has 1 nitrogen and oxygen atoms in total. The summed E-state index contributed by atoms with van der Waals surface area (Å²) in [4.78, 5) is 0. The molecule has 1 aliphatic rings. The van der Waals surface area contributed by atoms with E-state index in [-0.39, 0.29) is 6.10 Å². The van der Waals surface area contributed by atoms with Crippen molar-refractivity contribution < 1.29 is 5.11 Å². The predicted molar refractivity (Wildman–Crippen MR) is 56.7 cm³/mol. The van der Waals surface area contributed by atoms with E-state index in [0.717, 1.165) is 12.8 Å². The minimum Gasteiger partial charge on any atom is -0.393 e. The molecule has 1 saturated carbocycles. The molecule has 13 heavy (non-hydrogen) atoms. The molecule has 0 aliphatic heterocycles. The Labute approximate surface area is 82.5 Å². The van der Waals surface area contributed by atoms with Gasteiger partial charge in [-0.15, -0.1) is 0 Å². The molecule has 0 bridgehead atoms. The summed E-state index contributed by atoms with van der Waals surface area (Å²) in [5.74, 6) is 1.15. The molecule has 1 rings (SSSR count). The van der Waals surface area contributed by atoms with Crippen molar-refractivity contribution in [1.29, 1.82) is 0 Å². The van der Waals surface area contributed by atoms with Crippen LogP contribution < -0.4 is 0 Å². The van der Waals surface area contributed by atoms with E-state index in [2.05, 4.69) is 13.8 Å². The second-order valence-corrected chi connectivity index (χ2v) is 4.47. The first-order chi connectivity index (χ1) is 6.29. The molecule has 0 saturated heterocycles. The van der Waals surface area contributed by atoms with Gasteiger partial charge in [0.15, 0.2) is 0 Å². The van der Waals surface area contributed by atoms with Gasteiger partial charge in [0.1, 0.15) is 0 Å². The molecule has 0 aromatic heterocycles. The molecule has 0 heterocycles. The smallest absolute Gasteiger partial charge is 0.0596 e. The molecular formula is C12H24O.